The molecule has 1 aliphatic rings. The zero-order chi connectivity index (χ0) is 9.68. The van der Waals surface area contributed by atoms with Gasteiger partial charge < -0.3 is 16.0 Å². The molecule has 4 nitrogen and oxygen atoms in total. The normalized spacial score (nSPS) is 28.2. The first kappa shape index (κ1) is 10.3. The van der Waals surface area contributed by atoms with Crippen LogP contribution in [0.25, 0.3) is 0 Å². The van der Waals surface area contributed by atoms with Gasteiger partial charge in [0.1, 0.15) is 0 Å². The molecule has 0 spiro atoms. The molecule has 1 rings (SSSR count). The molecule has 0 bridgehead atoms. The van der Waals surface area contributed by atoms with E-state index in [0.717, 1.165) is 19.4 Å². The van der Waals surface area contributed by atoms with Crippen molar-refractivity contribution in [2.45, 2.75) is 38.8 Å². The SMILES string of the molecule is CCNC(=O)NC1CCC(C)NC1. The van der Waals surface area contributed by atoms with Gasteiger partial charge in [0.2, 0.25) is 0 Å². The van der Waals surface area contributed by atoms with Crippen molar-refractivity contribution < 1.29 is 4.79 Å². The number of piperidine rings is 1. The number of amides is 2. The summed E-state index contributed by atoms with van der Waals surface area (Å²) in [6, 6.07) is 0.832. The largest absolute Gasteiger partial charge is 0.338 e. The summed E-state index contributed by atoms with van der Waals surface area (Å²) in [7, 11) is 0. The molecule has 0 aromatic rings. The summed E-state index contributed by atoms with van der Waals surface area (Å²) >= 11 is 0. The molecule has 1 saturated heterocycles. The molecule has 1 heterocycles. The first-order valence-electron chi connectivity index (χ1n) is 5.00. The summed E-state index contributed by atoms with van der Waals surface area (Å²) in [5.41, 5.74) is 0. The molecule has 3 N–H and O–H groups in total. The number of hydrogen-bond donors (Lipinski definition) is 3. The van der Waals surface area contributed by atoms with Crippen molar-refractivity contribution in [3.63, 3.8) is 0 Å². The van der Waals surface area contributed by atoms with Crippen molar-refractivity contribution in [2.24, 2.45) is 0 Å². The number of carbonyl (C=O) groups is 1. The van der Waals surface area contributed by atoms with Gasteiger partial charge in [-0.2, -0.15) is 0 Å². The van der Waals surface area contributed by atoms with Gasteiger partial charge in [-0.15, -0.1) is 0 Å². The smallest absolute Gasteiger partial charge is 0.315 e. The number of rotatable bonds is 2. The first-order chi connectivity index (χ1) is 6.22. The minimum Gasteiger partial charge on any atom is -0.338 e. The fourth-order valence-electron chi connectivity index (χ4n) is 1.52. The molecule has 0 saturated carbocycles. The molecule has 13 heavy (non-hydrogen) atoms. The highest BCUT2D eigenvalue weighted by Gasteiger charge is 2.18. The van der Waals surface area contributed by atoms with Gasteiger partial charge in [0.05, 0.1) is 0 Å². The topological polar surface area (TPSA) is 53.2 Å². The van der Waals surface area contributed by atoms with Crippen LogP contribution in [0.2, 0.25) is 0 Å². The summed E-state index contributed by atoms with van der Waals surface area (Å²) in [4.78, 5) is 11.1. The van der Waals surface area contributed by atoms with E-state index in [-0.39, 0.29) is 6.03 Å². The second kappa shape index (κ2) is 5.07. The summed E-state index contributed by atoms with van der Waals surface area (Å²) in [6.45, 7) is 5.66. The Morgan fingerprint density at radius 2 is 2.31 bits per heavy atom. The minimum atomic E-state index is -0.0520. The molecule has 1 fully saturated rings. The fourth-order valence-corrected chi connectivity index (χ4v) is 1.52. The lowest BCUT2D eigenvalue weighted by atomic mass is 10.0. The molecule has 0 aromatic heterocycles. The predicted octanol–water partition coefficient (Wildman–Crippen LogP) is 0.446. The van der Waals surface area contributed by atoms with Crippen LogP contribution in [0.4, 0.5) is 4.79 Å². The Morgan fingerprint density at radius 1 is 1.54 bits per heavy atom. The van der Waals surface area contributed by atoms with Crippen LogP contribution in [-0.4, -0.2) is 31.2 Å². The van der Waals surface area contributed by atoms with Gasteiger partial charge in [0.25, 0.3) is 0 Å². The van der Waals surface area contributed by atoms with E-state index in [1.165, 1.54) is 0 Å². The molecule has 0 radical (unpaired) electrons. The third-order valence-electron chi connectivity index (χ3n) is 2.33. The van der Waals surface area contributed by atoms with Crippen LogP contribution in [0.5, 0.6) is 0 Å². The van der Waals surface area contributed by atoms with E-state index >= 15 is 0 Å². The molecule has 2 amide bonds. The number of urea groups is 1. The lowest BCUT2D eigenvalue weighted by Crippen LogP contribution is -2.51. The van der Waals surface area contributed by atoms with E-state index in [9.17, 15) is 4.79 Å². The second-order valence-electron chi connectivity index (χ2n) is 3.59. The molecular weight excluding hydrogens is 166 g/mol. The van der Waals surface area contributed by atoms with Gasteiger partial charge in [-0.25, -0.2) is 4.79 Å². The van der Waals surface area contributed by atoms with E-state index in [2.05, 4.69) is 22.9 Å². The van der Waals surface area contributed by atoms with Crippen LogP contribution >= 0.6 is 0 Å². The average Bonchev–Trinajstić information content (AvgIpc) is 2.09. The summed E-state index contributed by atoms with van der Waals surface area (Å²) in [5, 5.41) is 8.99. The van der Waals surface area contributed by atoms with Gasteiger partial charge in [-0.05, 0) is 26.7 Å². The van der Waals surface area contributed by atoms with Gasteiger partial charge >= 0.3 is 6.03 Å². The molecular formula is C9H19N3O. The monoisotopic (exact) mass is 185 g/mol. The van der Waals surface area contributed by atoms with Crippen molar-refractivity contribution in [1.29, 1.82) is 0 Å². The quantitative estimate of drug-likeness (QED) is 0.585. The Kier molecular flexibility index (Phi) is 4.02. The standard InChI is InChI=1S/C9H19N3O/c1-3-10-9(13)12-8-5-4-7(2)11-6-8/h7-8,11H,3-6H2,1-2H3,(H2,10,12,13). The van der Waals surface area contributed by atoms with Crippen molar-refractivity contribution in [3.05, 3.63) is 0 Å². The van der Waals surface area contributed by atoms with Crippen LogP contribution < -0.4 is 16.0 Å². The second-order valence-corrected chi connectivity index (χ2v) is 3.59. The van der Waals surface area contributed by atoms with Crippen LogP contribution in [0, 0.1) is 0 Å². The van der Waals surface area contributed by atoms with Crippen molar-refractivity contribution in [1.82, 2.24) is 16.0 Å². The highest BCUT2D eigenvalue weighted by Crippen LogP contribution is 2.06. The zero-order valence-corrected chi connectivity index (χ0v) is 8.39. The fraction of sp³-hybridized carbons (Fsp3) is 0.889. The molecule has 2 atom stereocenters. The molecule has 0 aliphatic carbocycles. The third-order valence-corrected chi connectivity index (χ3v) is 2.33. The van der Waals surface area contributed by atoms with E-state index in [0.29, 0.717) is 18.6 Å². The number of hydrogen-bond acceptors (Lipinski definition) is 2. The Bertz CT molecular complexity index is 164. The third kappa shape index (κ3) is 3.63. The van der Waals surface area contributed by atoms with Crippen molar-refractivity contribution >= 4 is 6.03 Å². The van der Waals surface area contributed by atoms with Crippen LogP contribution in [-0.2, 0) is 0 Å². The van der Waals surface area contributed by atoms with E-state index in [1.807, 2.05) is 6.92 Å². The predicted molar refractivity (Wildman–Crippen MR) is 52.7 cm³/mol. The lowest BCUT2D eigenvalue weighted by Gasteiger charge is -2.28. The highest BCUT2D eigenvalue weighted by atomic mass is 16.2. The van der Waals surface area contributed by atoms with E-state index in [1.54, 1.807) is 0 Å². The van der Waals surface area contributed by atoms with Gasteiger partial charge in [-0.3, -0.25) is 0 Å². The highest BCUT2D eigenvalue weighted by molar-refractivity contribution is 5.74. The van der Waals surface area contributed by atoms with Gasteiger partial charge in [0, 0.05) is 25.2 Å². The molecule has 76 valence electrons. The summed E-state index contributed by atoms with van der Waals surface area (Å²) in [5.74, 6) is 0. The minimum absolute atomic E-state index is 0.0520. The maximum absolute atomic E-state index is 11.1. The Labute approximate surface area is 79.5 Å². The maximum Gasteiger partial charge on any atom is 0.315 e. The van der Waals surface area contributed by atoms with E-state index in [4.69, 9.17) is 0 Å². The Balaban J connectivity index is 2.18. The number of carbonyl (C=O) groups excluding carboxylic acids is 1. The summed E-state index contributed by atoms with van der Waals surface area (Å²) in [6.07, 6.45) is 2.21. The van der Waals surface area contributed by atoms with Crippen LogP contribution in [0.1, 0.15) is 26.7 Å². The Hall–Kier alpha value is -0.770. The first-order valence-corrected chi connectivity index (χ1v) is 5.00. The maximum atomic E-state index is 11.1. The van der Waals surface area contributed by atoms with Crippen LogP contribution in [0.15, 0.2) is 0 Å². The number of nitrogens with one attached hydrogen (secondary N) is 3. The van der Waals surface area contributed by atoms with Gasteiger partial charge in [-0.1, -0.05) is 0 Å². The Morgan fingerprint density at radius 3 is 2.85 bits per heavy atom. The zero-order valence-electron chi connectivity index (χ0n) is 8.39. The van der Waals surface area contributed by atoms with Gasteiger partial charge in [0.15, 0.2) is 0 Å². The molecule has 2 unspecified atom stereocenters. The summed E-state index contributed by atoms with van der Waals surface area (Å²) < 4.78 is 0. The molecule has 0 aromatic carbocycles. The average molecular weight is 185 g/mol. The van der Waals surface area contributed by atoms with E-state index < -0.39 is 0 Å². The van der Waals surface area contributed by atoms with Crippen molar-refractivity contribution in [3.8, 4) is 0 Å². The molecule has 4 heteroatoms. The van der Waals surface area contributed by atoms with Crippen LogP contribution in [0.3, 0.4) is 0 Å². The molecule has 1 aliphatic heterocycles. The van der Waals surface area contributed by atoms with Crippen molar-refractivity contribution in [2.75, 3.05) is 13.1 Å². The lowest BCUT2D eigenvalue weighted by molar-refractivity contribution is 0.232.